The van der Waals surface area contributed by atoms with Gasteiger partial charge in [0.1, 0.15) is 0 Å². The molecule has 2 rings (SSSR count). The number of likely N-dealkylation sites (N-methyl/N-ethyl adjacent to an activating group) is 1. The topological polar surface area (TPSA) is 23.6 Å². The Morgan fingerprint density at radius 3 is 2.84 bits per heavy atom. The molecular formula is C13H18Br2N2OS. The van der Waals surface area contributed by atoms with Crippen LogP contribution in [-0.2, 0) is 0 Å². The van der Waals surface area contributed by atoms with Crippen molar-refractivity contribution in [2.45, 2.75) is 18.9 Å². The zero-order valence-corrected chi connectivity index (χ0v) is 15.1. The monoisotopic (exact) mass is 408 g/mol. The van der Waals surface area contributed by atoms with Gasteiger partial charge in [-0.25, -0.2) is 0 Å². The van der Waals surface area contributed by atoms with E-state index in [4.69, 9.17) is 0 Å². The molecule has 6 heteroatoms. The molecular weight excluding hydrogens is 392 g/mol. The summed E-state index contributed by atoms with van der Waals surface area (Å²) < 4.78 is 1.92. The van der Waals surface area contributed by atoms with Crippen molar-refractivity contribution < 1.29 is 4.79 Å². The molecule has 0 spiro atoms. The summed E-state index contributed by atoms with van der Waals surface area (Å²) in [4.78, 5) is 16.9. The van der Waals surface area contributed by atoms with Crippen LogP contribution in [0.15, 0.2) is 13.6 Å². The van der Waals surface area contributed by atoms with Gasteiger partial charge >= 0.3 is 0 Å². The van der Waals surface area contributed by atoms with E-state index in [0.29, 0.717) is 12.6 Å². The first kappa shape index (κ1) is 15.6. The normalized spacial score (nSPS) is 20.4. The second kappa shape index (κ2) is 6.80. The number of hydrogen-bond donors (Lipinski definition) is 0. The lowest BCUT2D eigenvalue weighted by atomic mass is 10.2. The molecule has 1 aromatic heterocycles. The SMILES string of the molecule is CN(C)CC1CCCN1CC(=O)c1cc(Br)sc1Br. The Morgan fingerprint density at radius 1 is 1.53 bits per heavy atom. The van der Waals surface area contributed by atoms with E-state index in [0.717, 1.165) is 26.2 Å². The largest absolute Gasteiger partial charge is 0.308 e. The van der Waals surface area contributed by atoms with Crippen molar-refractivity contribution in [2.75, 3.05) is 33.7 Å². The minimum atomic E-state index is 0.208. The summed E-state index contributed by atoms with van der Waals surface area (Å²) in [6.07, 6.45) is 2.39. The highest BCUT2D eigenvalue weighted by Gasteiger charge is 2.27. The summed E-state index contributed by atoms with van der Waals surface area (Å²) in [7, 11) is 4.18. The minimum absolute atomic E-state index is 0.208. The molecule has 1 aliphatic heterocycles. The van der Waals surface area contributed by atoms with Gasteiger partial charge in [-0.15, -0.1) is 11.3 Å². The van der Waals surface area contributed by atoms with E-state index in [2.05, 4.69) is 55.8 Å². The predicted octanol–water partition coefficient (Wildman–Crippen LogP) is 3.48. The van der Waals surface area contributed by atoms with Gasteiger partial charge in [-0.2, -0.15) is 0 Å². The summed E-state index contributed by atoms with van der Waals surface area (Å²) in [6.45, 7) is 2.59. The number of hydrogen-bond acceptors (Lipinski definition) is 4. The zero-order chi connectivity index (χ0) is 14.0. The molecule has 0 saturated carbocycles. The molecule has 1 atom stereocenters. The van der Waals surface area contributed by atoms with Crippen molar-refractivity contribution in [3.63, 3.8) is 0 Å². The van der Waals surface area contributed by atoms with Gasteiger partial charge < -0.3 is 4.90 Å². The van der Waals surface area contributed by atoms with Gasteiger partial charge in [0.15, 0.2) is 5.78 Å². The van der Waals surface area contributed by atoms with Crippen LogP contribution in [0.4, 0.5) is 0 Å². The molecule has 0 bridgehead atoms. The molecule has 106 valence electrons. The second-order valence-corrected chi connectivity index (χ2v) is 8.94. The molecule has 1 saturated heterocycles. The average Bonchev–Trinajstić information content (AvgIpc) is 2.85. The average molecular weight is 410 g/mol. The van der Waals surface area contributed by atoms with Gasteiger partial charge in [-0.1, -0.05) is 0 Å². The molecule has 0 aromatic carbocycles. The van der Waals surface area contributed by atoms with Crippen molar-refractivity contribution in [1.82, 2.24) is 9.80 Å². The number of carbonyl (C=O) groups is 1. The van der Waals surface area contributed by atoms with Crippen LogP contribution < -0.4 is 0 Å². The highest BCUT2D eigenvalue weighted by atomic mass is 79.9. The number of halogens is 2. The number of carbonyl (C=O) groups excluding carboxylic acids is 1. The van der Waals surface area contributed by atoms with Crippen molar-refractivity contribution in [3.8, 4) is 0 Å². The van der Waals surface area contributed by atoms with Gasteiger partial charge in [-0.05, 0) is 71.4 Å². The maximum atomic E-state index is 12.4. The van der Waals surface area contributed by atoms with Gasteiger partial charge in [0.25, 0.3) is 0 Å². The minimum Gasteiger partial charge on any atom is -0.308 e. The van der Waals surface area contributed by atoms with Crippen LogP contribution >= 0.6 is 43.2 Å². The Hall–Kier alpha value is 0.250. The molecule has 0 aliphatic carbocycles. The van der Waals surface area contributed by atoms with E-state index >= 15 is 0 Å². The highest BCUT2D eigenvalue weighted by Crippen LogP contribution is 2.32. The fourth-order valence-corrected chi connectivity index (χ4v) is 5.39. The maximum absolute atomic E-state index is 12.4. The molecule has 1 unspecified atom stereocenters. The predicted molar refractivity (Wildman–Crippen MR) is 87.2 cm³/mol. The molecule has 3 nitrogen and oxygen atoms in total. The lowest BCUT2D eigenvalue weighted by Gasteiger charge is -2.26. The lowest BCUT2D eigenvalue weighted by Crippen LogP contribution is -2.40. The van der Waals surface area contributed by atoms with Crippen LogP contribution in [0.1, 0.15) is 23.2 Å². The molecule has 1 fully saturated rings. The third kappa shape index (κ3) is 4.11. The lowest BCUT2D eigenvalue weighted by molar-refractivity contribution is 0.0910. The standard InChI is InChI=1S/C13H18Br2N2OS/c1-16(2)7-9-4-3-5-17(9)8-11(18)10-6-12(14)19-13(10)15/h6,9H,3-5,7-8H2,1-2H3. The number of Topliss-reactive ketones (excluding diaryl/α,β-unsaturated/α-hetero) is 1. The van der Waals surface area contributed by atoms with E-state index in [1.165, 1.54) is 12.8 Å². The van der Waals surface area contributed by atoms with E-state index in [1.54, 1.807) is 11.3 Å². The summed E-state index contributed by atoms with van der Waals surface area (Å²) in [5.41, 5.74) is 0.798. The fraction of sp³-hybridized carbons (Fsp3) is 0.615. The first-order chi connectivity index (χ1) is 8.97. The number of rotatable bonds is 5. The smallest absolute Gasteiger partial charge is 0.178 e. The van der Waals surface area contributed by atoms with E-state index in [-0.39, 0.29) is 5.78 Å². The molecule has 1 aliphatic rings. The Bertz CT molecular complexity index is 461. The zero-order valence-electron chi connectivity index (χ0n) is 11.2. The van der Waals surface area contributed by atoms with E-state index in [9.17, 15) is 4.79 Å². The highest BCUT2D eigenvalue weighted by molar-refractivity contribution is 9.12. The van der Waals surface area contributed by atoms with Crippen LogP contribution in [-0.4, -0.2) is 55.4 Å². The first-order valence-electron chi connectivity index (χ1n) is 6.34. The Kier molecular flexibility index (Phi) is 5.60. The van der Waals surface area contributed by atoms with Gasteiger partial charge in [0.05, 0.1) is 14.1 Å². The first-order valence-corrected chi connectivity index (χ1v) is 8.74. The number of thiophene rings is 1. The maximum Gasteiger partial charge on any atom is 0.178 e. The Labute approximate surface area is 135 Å². The van der Waals surface area contributed by atoms with Crippen LogP contribution in [0.3, 0.4) is 0 Å². The summed E-state index contributed by atoms with van der Waals surface area (Å²) in [5, 5.41) is 0. The van der Waals surface area contributed by atoms with Crippen molar-refractivity contribution in [2.24, 2.45) is 0 Å². The summed E-state index contributed by atoms with van der Waals surface area (Å²) in [6, 6.07) is 2.42. The third-order valence-corrected chi connectivity index (χ3v) is 5.72. The molecule has 2 heterocycles. The summed E-state index contributed by atoms with van der Waals surface area (Å²) in [5.74, 6) is 0.208. The molecule has 0 radical (unpaired) electrons. The molecule has 0 amide bonds. The molecule has 19 heavy (non-hydrogen) atoms. The third-order valence-electron chi connectivity index (χ3n) is 3.38. The number of ketones is 1. The molecule has 1 aromatic rings. The molecule has 0 N–H and O–H groups in total. The van der Waals surface area contributed by atoms with E-state index < -0.39 is 0 Å². The second-order valence-electron chi connectivity index (χ2n) is 5.19. The van der Waals surface area contributed by atoms with Crippen LogP contribution in [0.2, 0.25) is 0 Å². The Morgan fingerprint density at radius 2 is 2.26 bits per heavy atom. The van der Waals surface area contributed by atoms with Crippen molar-refractivity contribution >= 4 is 49.0 Å². The van der Waals surface area contributed by atoms with Crippen LogP contribution in [0, 0.1) is 0 Å². The van der Waals surface area contributed by atoms with Gasteiger partial charge in [-0.3, -0.25) is 9.69 Å². The van der Waals surface area contributed by atoms with Crippen molar-refractivity contribution in [1.29, 1.82) is 0 Å². The quantitative estimate of drug-likeness (QED) is 0.695. The van der Waals surface area contributed by atoms with Crippen LogP contribution in [0.5, 0.6) is 0 Å². The van der Waals surface area contributed by atoms with Crippen molar-refractivity contribution in [3.05, 3.63) is 19.2 Å². The van der Waals surface area contributed by atoms with Crippen LogP contribution in [0.25, 0.3) is 0 Å². The fourth-order valence-electron chi connectivity index (χ4n) is 2.53. The van der Waals surface area contributed by atoms with Gasteiger partial charge in [0, 0.05) is 18.2 Å². The number of nitrogens with zero attached hydrogens (tertiary/aromatic N) is 2. The number of likely N-dealkylation sites (tertiary alicyclic amines) is 1. The van der Waals surface area contributed by atoms with E-state index in [1.807, 2.05) is 6.07 Å². The van der Waals surface area contributed by atoms with Gasteiger partial charge in [0.2, 0.25) is 0 Å². The summed E-state index contributed by atoms with van der Waals surface area (Å²) >= 11 is 8.44. The Balaban J connectivity index is 2.00.